The van der Waals surface area contributed by atoms with E-state index in [1.807, 2.05) is 0 Å². The van der Waals surface area contributed by atoms with Gasteiger partial charge < -0.3 is 5.21 Å². The third-order valence-electron chi connectivity index (χ3n) is 0.971. The summed E-state index contributed by atoms with van der Waals surface area (Å²) in [6.45, 7) is 0. The topological polar surface area (TPSA) is 53.0 Å². The van der Waals surface area contributed by atoms with Crippen molar-refractivity contribution in [1.29, 1.82) is 0 Å². The average Bonchev–Trinajstić information content (AvgIpc) is 1.82. The van der Waals surface area contributed by atoms with Gasteiger partial charge in [0.05, 0.1) is 0 Å². The van der Waals surface area contributed by atoms with E-state index < -0.39 is 0 Å². The molecule has 10 heavy (non-hydrogen) atoms. The molecule has 0 aromatic carbocycles. The molecule has 0 radical (unpaired) electrons. The van der Waals surface area contributed by atoms with Crippen LogP contribution in [0.3, 0.4) is 0 Å². The minimum Gasteiger partial charge on any atom is -0.710 e. The fourth-order valence-corrected chi connectivity index (χ4v) is 1.75. The molecule has 3 nitrogen and oxygen atoms in total. The summed E-state index contributed by atoms with van der Waals surface area (Å²) in [6, 6.07) is 3.17. The summed E-state index contributed by atoms with van der Waals surface area (Å²) >= 11 is 6.22. The zero-order valence-electron chi connectivity index (χ0n) is 4.84. The lowest BCUT2D eigenvalue weighted by Gasteiger charge is -2.06. The first-order valence-electron chi connectivity index (χ1n) is 2.45. The highest BCUT2D eigenvalue weighted by Crippen LogP contribution is 2.15. The van der Waals surface area contributed by atoms with Crippen LogP contribution in [0.25, 0.3) is 0 Å². The molecule has 1 heterocycles. The van der Waals surface area contributed by atoms with Crippen molar-refractivity contribution in [3.63, 3.8) is 0 Å². The maximum absolute atomic E-state index is 10.8. The molecule has 0 saturated heterocycles. The lowest BCUT2D eigenvalue weighted by molar-refractivity contribution is -0.602. The summed E-state index contributed by atoms with van der Waals surface area (Å²) in [6.07, 6.45) is 0. The van der Waals surface area contributed by atoms with E-state index in [2.05, 4.69) is 31.9 Å². The van der Waals surface area contributed by atoms with Crippen LogP contribution < -0.4 is 10.5 Å². The fraction of sp³-hybridized carbons (Fsp3) is 0. The van der Waals surface area contributed by atoms with E-state index in [0.717, 1.165) is 4.47 Å². The Morgan fingerprint density at radius 1 is 1.40 bits per heavy atom. The van der Waals surface area contributed by atoms with Crippen molar-refractivity contribution in [3.8, 4) is 0 Å². The molecule has 1 aromatic rings. The minimum absolute atomic E-state index is 0.168. The maximum atomic E-state index is 10.8. The van der Waals surface area contributed by atoms with Gasteiger partial charge in [-0.2, -0.15) is 0 Å². The average molecular weight is 268 g/mol. The highest BCUT2D eigenvalue weighted by atomic mass is 79.9. The van der Waals surface area contributed by atoms with Crippen molar-refractivity contribution in [2.45, 2.75) is 0 Å². The Morgan fingerprint density at radius 3 is 2.50 bits per heavy atom. The van der Waals surface area contributed by atoms with E-state index >= 15 is 0 Å². The number of hydrogen-bond donors (Lipinski definition) is 1. The van der Waals surface area contributed by atoms with Crippen molar-refractivity contribution in [2.75, 3.05) is 5.73 Å². The van der Waals surface area contributed by atoms with Crippen LogP contribution in [0.2, 0.25) is 0 Å². The molecule has 0 atom stereocenters. The standard InChI is InChI=1S/C5H4Br2N2O/c6-3-1-4(7)9(10)5(8)2-3/h1-2H,8H2. The Hall–Kier alpha value is -0.290. The predicted molar refractivity (Wildman–Crippen MR) is 45.2 cm³/mol. The molecule has 0 fully saturated rings. The fourth-order valence-electron chi connectivity index (χ4n) is 0.537. The molecule has 0 saturated carbocycles. The summed E-state index contributed by atoms with van der Waals surface area (Å²) in [7, 11) is 0. The first kappa shape index (κ1) is 7.81. The molecule has 1 rings (SSSR count). The zero-order valence-corrected chi connectivity index (χ0v) is 8.02. The second-order valence-corrected chi connectivity index (χ2v) is 3.44. The van der Waals surface area contributed by atoms with Crippen molar-refractivity contribution in [2.24, 2.45) is 0 Å². The number of hydrogen-bond acceptors (Lipinski definition) is 2. The van der Waals surface area contributed by atoms with Crippen LogP contribution >= 0.6 is 31.9 Å². The van der Waals surface area contributed by atoms with E-state index in [9.17, 15) is 5.21 Å². The summed E-state index contributed by atoms with van der Waals surface area (Å²) in [5, 5.41) is 10.8. The number of aromatic nitrogens is 1. The monoisotopic (exact) mass is 266 g/mol. The van der Waals surface area contributed by atoms with Gasteiger partial charge in [-0.15, -0.1) is 0 Å². The Balaban J connectivity index is 3.31. The molecule has 0 amide bonds. The van der Waals surface area contributed by atoms with E-state index in [0.29, 0.717) is 9.33 Å². The number of rotatable bonds is 0. The number of halogens is 2. The molecule has 0 spiro atoms. The summed E-state index contributed by atoms with van der Waals surface area (Å²) in [5.41, 5.74) is 5.31. The van der Waals surface area contributed by atoms with Crippen molar-refractivity contribution in [3.05, 3.63) is 26.4 Å². The third kappa shape index (κ3) is 1.41. The largest absolute Gasteiger partial charge is 0.710 e. The first-order chi connectivity index (χ1) is 4.61. The Morgan fingerprint density at radius 2 is 2.00 bits per heavy atom. The number of anilines is 1. The molecule has 1 aromatic heterocycles. The molecule has 0 aliphatic carbocycles. The van der Waals surface area contributed by atoms with Crippen LogP contribution in [0.4, 0.5) is 5.82 Å². The Labute approximate surface area is 74.7 Å². The smallest absolute Gasteiger partial charge is 0.277 e. The highest BCUT2D eigenvalue weighted by Gasteiger charge is 2.02. The third-order valence-corrected chi connectivity index (χ3v) is 1.98. The molecule has 0 unspecified atom stereocenters. The Bertz CT molecular complexity index is 241. The highest BCUT2D eigenvalue weighted by molar-refractivity contribution is 9.11. The van der Waals surface area contributed by atoms with Crippen LogP contribution in [0.1, 0.15) is 0 Å². The second kappa shape index (κ2) is 2.75. The molecule has 54 valence electrons. The lowest BCUT2D eigenvalue weighted by atomic mass is 10.5. The normalized spacial score (nSPS) is 9.80. The van der Waals surface area contributed by atoms with Crippen LogP contribution in [0, 0.1) is 5.21 Å². The quantitative estimate of drug-likeness (QED) is 0.439. The predicted octanol–water partition coefficient (Wildman–Crippen LogP) is 1.43. The second-order valence-electron chi connectivity index (χ2n) is 1.72. The number of nitrogens with two attached hydrogens (primary N) is 1. The van der Waals surface area contributed by atoms with Crippen molar-refractivity contribution < 1.29 is 4.73 Å². The van der Waals surface area contributed by atoms with E-state index in [4.69, 9.17) is 5.73 Å². The van der Waals surface area contributed by atoms with Crippen molar-refractivity contribution >= 4 is 37.7 Å². The SMILES string of the molecule is Nc1cc(Br)cc(Br)[n+]1[O-]. The number of nitrogens with zero attached hydrogens (tertiary/aromatic N) is 1. The summed E-state index contributed by atoms with van der Waals surface area (Å²) < 4.78 is 1.79. The van der Waals surface area contributed by atoms with Gasteiger partial charge in [0.2, 0.25) is 0 Å². The van der Waals surface area contributed by atoms with Gasteiger partial charge in [-0.3, -0.25) is 5.73 Å². The lowest BCUT2D eigenvalue weighted by Crippen LogP contribution is -2.31. The Kier molecular flexibility index (Phi) is 2.15. The molecular formula is C5H4Br2N2O. The van der Waals surface area contributed by atoms with Crippen molar-refractivity contribution in [1.82, 2.24) is 0 Å². The summed E-state index contributed by atoms with van der Waals surface area (Å²) in [4.78, 5) is 0. The maximum Gasteiger partial charge on any atom is 0.277 e. The van der Waals surface area contributed by atoms with Gasteiger partial charge in [0.25, 0.3) is 5.82 Å². The molecule has 0 bridgehead atoms. The molecule has 0 aliphatic rings. The van der Waals surface area contributed by atoms with E-state index in [-0.39, 0.29) is 5.82 Å². The van der Waals surface area contributed by atoms with Gasteiger partial charge >= 0.3 is 0 Å². The van der Waals surface area contributed by atoms with Gasteiger partial charge in [0.1, 0.15) is 0 Å². The minimum atomic E-state index is 0.168. The number of pyridine rings is 1. The van der Waals surface area contributed by atoms with Crippen LogP contribution in [0.5, 0.6) is 0 Å². The van der Waals surface area contributed by atoms with Gasteiger partial charge in [-0.1, -0.05) is 15.9 Å². The first-order valence-corrected chi connectivity index (χ1v) is 4.04. The molecule has 2 N–H and O–H groups in total. The van der Waals surface area contributed by atoms with E-state index in [1.165, 1.54) is 6.07 Å². The van der Waals surface area contributed by atoms with Crippen LogP contribution in [-0.2, 0) is 0 Å². The van der Waals surface area contributed by atoms with Crippen LogP contribution in [0.15, 0.2) is 21.2 Å². The summed E-state index contributed by atoms with van der Waals surface area (Å²) in [5.74, 6) is 0.168. The zero-order chi connectivity index (χ0) is 7.72. The molecule has 5 heteroatoms. The molecule has 0 aliphatic heterocycles. The van der Waals surface area contributed by atoms with Gasteiger partial charge in [-0.25, -0.2) is 4.73 Å². The van der Waals surface area contributed by atoms with Gasteiger partial charge in [0, 0.05) is 16.6 Å². The molecular weight excluding hydrogens is 264 g/mol. The van der Waals surface area contributed by atoms with E-state index in [1.54, 1.807) is 6.07 Å². The van der Waals surface area contributed by atoms with Gasteiger partial charge in [0.15, 0.2) is 4.60 Å². The number of nitrogen functional groups attached to an aromatic ring is 1. The van der Waals surface area contributed by atoms with Gasteiger partial charge in [-0.05, 0) is 15.9 Å². The van der Waals surface area contributed by atoms with Crippen LogP contribution in [-0.4, -0.2) is 0 Å².